The van der Waals surface area contributed by atoms with Crippen LogP contribution in [0, 0.1) is 17.4 Å². The Kier molecular flexibility index (Phi) is 4.71. The first-order valence-electron chi connectivity index (χ1n) is 5.89. The van der Waals surface area contributed by atoms with Crippen LogP contribution in [0.25, 0.3) is 0 Å². The number of carbonyl (C=O) groups excluding carboxylic acids is 1. The monoisotopic (exact) mass is 436 g/mol. The third-order valence-corrected chi connectivity index (χ3v) is 6.15. The summed E-state index contributed by atoms with van der Waals surface area (Å²) in [6, 6.07) is 7.07. The zero-order chi connectivity index (χ0) is 15.8. The Morgan fingerprint density at radius 3 is 2.43 bits per heavy atom. The zero-order valence-corrected chi connectivity index (χ0v) is 15.1. The molecule has 0 saturated heterocycles. The van der Waals surface area contributed by atoms with Crippen molar-refractivity contribution in [3.63, 3.8) is 0 Å². The van der Waals surface area contributed by atoms with E-state index in [1.165, 1.54) is 6.07 Å². The Hall–Kier alpha value is -0.970. The minimum atomic E-state index is -3.79. The maximum atomic E-state index is 12.3. The predicted molar refractivity (Wildman–Crippen MR) is 92.3 cm³/mol. The zero-order valence-electron chi connectivity index (χ0n) is 11.3. The van der Waals surface area contributed by atoms with Gasteiger partial charge in [0.1, 0.15) is 4.21 Å². The lowest BCUT2D eigenvalue weighted by Gasteiger charge is -2.08. The Balaban J connectivity index is 2.31. The quantitative estimate of drug-likeness (QED) is 0.726. The minimum Gasteiger partial charge on any atom is -0.321 e. The molecule has 1 aromatic heterocycles. The van der Waals surface area contributed by atoms with Crippen LogP contribution in [0.3, 0.4) is 0 Å². The summed E-state index contributed by atoms with van der Waals surface area (Å²) in [7, 11) is -3.79. The van der Waals surface area contributed by atoms with E-state index < -0.39 is 10.0 Å². The highest BCUT2D eigenvalue weighted by Crippen LogP contribution is 2.26. The van der Waals surface area contributed by atoms with Crippen LogP contribution >= 0.6 is 33.9 Å². The summed E-state index contributed by atoms with van der Waals surface area (Å²) in [5.74, 6) is -0.336. The number of aryl methyl sites for hydroxylation is 2. The number of amides is 1. The number of primary sulfonamides is 1. The molecule has 1 amide bonds. The van der Waals surface area contributed by atoms with Crippen LogP contribution in [-0.2, 0) is 10.0 Å². The molecule has 5 nitrogen and oxygen atoms in total. The molecule has 2 aromatic rings. The number of rotatable bonds is 3. The predicted octanol–water partition coefficient (Wildman–Crippen LogP) is 2.87. The molecule has 0 fully saturated rings. The fourth-order valence-electron chi connectivity index (χ4n) is 1.76. The van der Waals surface area contributed by atoms with Gasteiger partial charge in [-0.05, 0) is 71.8 Å². The summed E-state index contributed by atoms with van der Waals surface area (Å²) in [5, 5.41) is 7.87. The number of thiophene rings is 1. The number of halogens is 1. The van der Waals surface area contributed by atoms with Crippen molar-refractivity contribution in [3.05, 3.63) is 43.8 Å². The van der Waals surface area contributed by atoms with E-state index in [1.54, 1.807) is 6.92 Å². The number of nitrogens with one attached hydrogen (secondary N) is 1. The van der Waals surface area contributed by atoms with Crippen molar-refractivity contribution in [1.29, 1.82) is 0 Å². The van der Waals surface area contributed by atoms with E-state index in [1.807, 2.05) is 25.1 Å². The highest BCUT2D eigenvalue weighted by Gasteiger charge is 2.19. The standard InChI is InChI=1S/C13H13IN2O3S2/c1-7-5-9(14)3-4-10(7)16-13(17)12-8(2)6-11(20-12)21(15,18)19/h3-6H,1-2H3,(H,16,17)(H2,15,18,19). The lowest BCUT2D eigenvalue weighted by molar-refractivity contribution is 0.103. The summed E-state index contributed by atoms with van der Waals surface area (Å²) < 4.78 is 23.7. The van der Waals surface area contributed by atoms with E-state index in [2.05, 4.69) is 27.9 Å². The molecule has 1 heterocycles. The molecule has 0 atom stereocenters. The molecule has 0 aliphatic heterocycles. The average Bonchev–Trinajstić information content (AvgIpc) is 2.75. The van der Waals surface area contributed by atoms with Crippen LogP contribution in [0.5, 0.6) is 0 Å². The van der Waals surface area contributed by atoms with E-state index in [9.17, 15) is 13.2 Å². The summed E-state index contributed by atoms with van der Waals surface area (Å²) in [4.78, 5) is 12.6. The van der Waals surface area contributed by atoms with E-state index in [0.29, 0.717) is 16.1 Å². The largest absolute Gasteiger partial charge is 0.321 e. The number of anilines is 1. The molecular formula is C13H13IN2O3S2. The summed E-state index contributed by atoms with van der Waals surface area (Å²) in [6.45, 7) is 3.58. The van der Waals surface area contributed by atoms with Crippen molar-refractivity contribution in [3.8, 4) is 0 Å². The number of hydrogen-bond acceptors (Lipinski definition) is 4. The van der Waals surface area contributed by atoms with Gasteiger partial charge in [-0.25, -0.2) is 13.6 Å². The third-order valence-electron chi connectivity index (χ3n) is 2.82. The van der Waals surface area contributed by atoms with Crippen LogP contribution in [0.2, 0.25) is 0 Å². The topological polar surface area (TPSA) is 89.3 Å². The SMILES string of the molecule is Cc1cc(I)ccc1NC(=O)c1sc(S(N)(=O)=O)cc1C. The van der Waals surface area contributed by atoms with Gasteiger partial charge in [0.15, 0.2) is 0 Å². The second-order valence-corrected chi connectivity index (χ2v) is 8.62. The smallest absolute Gasteiger partial charge is 0.266 e. The molecule has 21 heavy (non-hydrogen) atoms. The molecule has 0 aliphatic rings. The van der Waals surface area contributed by atoms with E-state index in [4.69, 9.17) is 5.14 Å². The minimum absolute atomic E-state index is 0.00974. The number of hydrogen-bond donors (Lipinski definition) is 2. The molecule has 0 spiro atoms. The van der Waals surface area contributed by atoms with Gasteiger partial charge in [-0.1, -0.05) is 0 Å². The maximum Gasteiger partial charge on any atom is 0.266 e. The number of sulfonamides is 1. The fourth-order valence-corrected chi connectivity index (χ4v) is 4.27. The van der Waals surface area contributed by atoms with Crippen molar-refractivity contribution in [2.45, 2.75) is 18.1 Å². The van der Waals surface area contributed by atoms with Gasteiger partial charge in [0, 0.05) is 9.26 Å². The Bertz CT molecular complexity index is 813. The van der Waals surface area contributed by atoms with Crippen LogP contribution in [0.4, 0.5) is 5.69 Å². The van der Waals surface area contributed by atoms with Gasteiger partial charge in [0.25, 0.3) is 5.91 Å². The molecule has 2 rings (SSSR count). The third kappa shape index (κ3) is 3.82. The molecule has 1 aromatic carbocycles. The van der Waals surface area contributed by atoms with Gasteiger partial charge in [0.05, 0.1) is 4.88 Å². The van der Waals surface area contributed by atoms with Gasteiger partial charge in [-0.2, -0.15) is 0 Å². The van der Waals surface area contributed by atoms with Crippen molar-refractivity contribution >= 4 is 55.5 Å². The Labute approximate surface area is 140 Å². The number of nitrogens with two attached hydrogens (primary N) is 1. The van der Waals surface area contributed by atoms with Gasteiger partial charge in [-0.15, -0.1) is 11.3 Å². The highest BCUT2D eigenvalue weighted by molar-refractivity contribution is 14.1. The van der Waals surface area contributed by atoms with E-state index in [0.717, 1.165) is 20.5 Å². The van der Waals surface area contributed by atoms with Gasteiger partial charge in [-0.3, -0.25) is 4.79 Å². The van der Waals surface area contributed by atoms with E-state index in [-0.39, 0.29) is 10.1 Å². The molecular weight excluding hydrogens is 423 g/mol. The van der Waals surface area contributed by atoms with Crippen LogP contribution in [0.1, 0.15) is 20.8 Å². The van der Waals surface area contributed by atoms with Gasteiger partial charge in [0.2, 0.25) is 10.0 Å². The molecule has 112 valence electrons. The molecule has 0 radical (unpaired) electrons. The second-order valence-electron chi connectivity index (χ2n) is 4.54. The molecule has 0 saturated carbocycles. The van der Waals surface area contributed by atoms with Crippen LogP contribution < -0.4 is 10.5 Å². The van der Waals surface area contributed by atoms with Crippen molar-refractivity contribution in [2.24, 2.45) is 5.14 Å². The molecule has 3 N–H and O–H groups in total. The summed E-state index contributed by atoms with van der Waals surface area (Å²) >= 11 is 3.07. The normalized spacial score (nSPS) is 11.4. The Morgan fingerprint density at radius 1 is 1.24 bits per heavy atom. The molecule has 8 heteroatoms. The molecule has 0 unspecified atom stereocenters. The summed E-state index contributed by atoms with van der Waals surface area (Å²) in [6.07, 6.45) is 0. The van der Waals surface area contributed by atoms with Crippen molar-refractivity contribution < 1.29 is 13.2 Å². The van der Waals surface area contributed by atoms with Crippen LogP contribution in [0.15, 0.2) is 28.5 Å². The maximum absolute atomic E-state index is 12.3. The van der Waals surface area contributed by atoms with Gasteiger partial charge >= 0.3 is 0 Å². The first kappa shape index (κ1) is 16.4. The highest BCUT2D eigenvalue weighted by atomic mass is 127. The summed E-state index contributed by atoms with van der Waals surface area (Å²) in [5.41, 5.74) is 2.23. The number of benzene rings is 1. The lowest BCUT2D eigenvalue weighted by atomic mass is 10.2. The molecule has 0 bridgehead atoms. The van der Waals surface area contributed by atoms with E-state index >= 15 is 0 Å². The van der Waals surface area contributed by atoms with Crippen molar-refractivity contribution in [1.82, 2.24) is 0 Å². The molecule has 0 aliphatic carbocycles. The first-order chi connectivity index (χ1) is 9.68. The first-order valence-corrected chi connectivity index (χ1v) is 9.33. The van der Waals surface area contributed by atoms with Crippen LogP contribution in [-0.4, -0.2) is 14.3 Å². The Morgan fingerprint density at radius 2 is 1.90 bits per heavy atom. The fraction of sp³-hybridized carbons (Fsp3) is 0.154. The average molecular weight is 436 g/mol. The van der Waals surface area contributed by atoms with Crippen molar-refractivity contribution in [2.75, 3.05) is 5.32 Å². The number of carbonyl (C=O) groups is 1. The lowest BCUT2D eigenvalue weighted by Crippen LogP contribution is -2.12. The van der Waals surface area contributed by atoms with Gasteiger partial charge < -0.3 is 5.32 Å². The second kappa shape index (κ2) is 6.03.